The average molecular weight is 515 g/mol. The summed E-state index contributed by atoms with van der Waals surface area (Å²) in [5, 5.41) is 3.47. The monoisotopic (exact) mass is 515 g/mol. The summed E-state index contributed by atoms with van der Waals surface area (Å²) < 4.78 is 2.22. The van der Waals surface area contributed by atoms with Crippen molar-refractivity contribution >= 4 is 29.9 Å². The number of aromatic nitrogens is 2. The third-order valence-electron chi connectivity index (χ3n) is 5.36. The van der Waals surface area contributed by atoms with Gasteiger partial charge in [-0.1, -0.05) is 54.6 Å². The topological polar surface area (TPSA) is 45.5 Å². The molecule has 0 spiro atoms. The number of aliphatic imine (C=N–C) groups is 1. The van der Waals surface area contributed by atoms with Crippen LogP contribution in [-0.4, -0.2) is 40.0 Å². The molecule has 1 aliphatic rings. The Bertz CT molecular complexity index is 951. The highest BCUT2D eigenvalue weighted by atomic mass is 127. The molecule has 0 aliphatic carbocycles. The first kappa shape index (κ1) is 22.3. The van der Waals surface area contributed by atoms with Crippen LogP contribution >= 0.6 is 24.0 Å². The zero-order valence-corrected chi connectivity index (χ0v) is 19.8. The number of rotatable bonds is 6. The van der Waals surface area contributed by atoms with E-state index in [-0.39, 0.29) is 24.0 Å². The summed E-state index contributed by atoms with van der Waals surface area (Å²) in [5.41, 5.74) is 4.15. The maximum absolute atomic E-state index is 4.91. The third-order valence-corrected chi connectivity index (χ3v) is 5.36. The van der Waals surface area contributed by atoms with Gasteiger partial charge in [0, 0.05) is 51.5 Å². The molecule has 0 bridgehead atoms. The highest BCUT2D eigenvalue weighted by Crippen LogP contribution is 2.18. The van der Waals surface area contributed by atoms with Crippen LogP contribution in [0.25, 0.3) is 0 Å². The van der Waals surface area contributed by atoms with Gasteiger partial charge in [0.25, 0.3) is 0 Å². The summed E-state index contributed by atoms with van der Waals surface area (Å²) in [4.78, 5) is 11.8. The third kappa shape index (κ3) is 5.62. The Morgan fingerprint density at radius 3 is 2.63 bits per heavy atom. The molecular weight excluding hydrogens is 485 g/mol. The first-order valence-corrected chi connectivity index (χ1v) is 10.5. The number of fused-ring (bicyclic) bond motifs is 1. The van der Waals surface area contributed by atoms with Crippen LogP contribution in [-0.2, 0) is 25.9 Å². The van der Waals surface area contributed by atoms with Gasteiger partial charge >= 0.3 is 0 Å². The molecule has 1 N–H and O–H groups in total. The van der Waals surface area contributed by atoms with E-state index in [1.165, 1.54) is 16.7 Å². The number of hydrogen-bond donors (Lipinski definition) is 1. The van der Waals surface area contributed by atoms with Crippen LogP contribution in [0.3, 0.4) is 0 Å². The van der Waals surface area contributed by atoms with Crippen LogP contribution in [0.15, 0.2) is 72.0 Å². The quantitative estimate of drug-likeness (QED) is 0.305. The van der Waals surface area contributed by atoms with Gasteiger partial charge in [0.05, 0.1) is 0 Å². The van der Waals surface area contributed by atoms with E-state index in [0.29, 0.717) is 0 Å². The van der Waals surface area contributed by atoms with E-state index in [2.05, 4.69) is 81.4 Å². The summed E-state index contributed by atoms with van der Waals surface area (Å²) in [6.45, 7) is 6.50. The minimum atomic E-state index is 0. The Balaban J connectivity index is 0.00000256. The number of guanidine groups is 1. The van der Waals surface area contributed by atoms with Gasteiger partial charge in [-0.2, -0.15) is 0 Å². The van der Waals surface area contributed by atoms with Crippen molar-refractivity contribution in [1.29, 1.82) is 0 Å². The Morgan fingerprint density at radius 2 is 1.83 bits per heavy atom. The molecule has 4 rings (SSSR count). The van der Waals surface area contributed by atoms with Crippen molar-refractivity contribution in [2.45, 2.75) is 32.9 Å². The summed E-state index contributed by atoms with van der Waals surface area (Å²) in [5.74, 6) is 2.08. The molecule has 0 amide bonds. The van der Waals surface area contributed by atoms with Crippen molar-refractivity contribution in [3.05, 3.63) is 89.5 Å². The predicted octanol–water partition coefficient (Wildman–Crippen LogP) is 4.12. The number of imidazole rings is 1. The summed E-state index contributed by atoms with van der Waals surface area (Å²) in [6.07, 6.45) is 5.84. The Kier molecular flexibility index (Phi) is 8.30. The molecule has 5 nitrogen and oxygen atoms in total. The van der Waals surface area contributed by atoms with Crippen molar-refractivity contribution in [1.82, 2.24) is 19.8 Å². The second kappa shape index (κ2) is 11.2. The van der Waals surface area contributed by atoms with Crippen LogP contribution in [0.1, 0.15) is 29.4 Å². The molecule has 2 aromatic carbocycles. The molecule has 0 radical (unpaired) electrons. The van der Waals surface area contributed by atoms with E-state index in [1.807, 2.05) is 12.3 Å². The summed E-state index contributed by atoms with van der Waals surface area (Å²) in [7, 11) is 0. The van der Waals surface area contributed by atoms with Gasteiger partial charge in [0.2, 0.25) is 0 Å². The number of nitrogens with one attached hydrogen (secondary N) is 1. The van der Waals surface area contributed by atoms with Gasteiger partial charge in [-0.3, -0.25) is 4.99 Å². The number of halogens is 1. The van der Waals surface area contributed by atoms with Crippen LogP contribution in [0.4, 0.5) is 0 Å². The first-order valence-electron chi connectivity index (χ1n) is 10.5. The molecule has 2 heterocycles. The lowest BCUT2D eigenvalue weighted by Gasteiger charge is -2.31. The number of hydrogen-bond acceptors (Lipinski definition) is 2. The maximum atomic E-state index is 4.91. The van der Waals surface area contributed by atoms with Gasteiger partial charge in [-0.15, -0.1) is 24.0 Å². The molecule has 0 saturated carbocycles. The standard InChI is InChI=1S/C24H29N5.HI/c1-2-25-24(29-16-13-21-10-6-7-11-22(21)19-29)27-14-12-23-26-15-17-28(23)18-20-8-4-3-5-9-20;/h3-11,15,17H,2,12-14,16,18-19H2,1H3,(H,25,27);1H. The molecule has 0 unspecified atom stereocenters. The fraction of sp³-hybridized carbons (Fsp3) is 0.333. The van der Waals surface area contributed by atoms with Gasteiger partial charge < -0.3 is 14.8 Å². The van der Waals surface area contributed by atoms with Crippen LogP contribution in [0, 0.1) is 0 Å². The predicted molar refractivity (Wildman–Crippen MR) is 133 cm³/mol. The van der Waals surface area contributed by atoms with E-state index in [9.17, 15) is 0 Å². The SMILES string of the molecule is CCNC(=NCCc1nccn1Cc1ccccc1)N1CCc2ccccc2C1.I. The lowest BCUT2D eigenvalue weighted by atomic mass is 10.0. The number of benzene rings is 2. The van der Waals surface area contributed by atoms with Crippen molar-refractivity contribution in [2.24, 2.45) is 4.99 Å². The van der Waals surface area contributed by atoms with Gasteiger partial charge in [0.15, 0.2) is 5.96 Å². The fourth-order valence-corrected chi connectivity index (χ4v) is 3.86. The molecule has 6 heteroatoms. The van der Waals surface area contributed by atoms with E-state index in [4.69, 9.17) is 4.99 Å². The normalized spacial score (nSPS) is 13.5. The highest BCUT2D eigenvalue weighted by molar-refractivity contribution is 14.0. The largest absolute Gasteiger partial charge is 0.357 e. The average Bonchev–Trinajstić information content (AvgIpc) is 3.20. The Morgan fingerprint density at radius 1 is 1.07 bits per heavy atom. The zero-order chi connectivity index (χ0) is 19.9. The molecule has 30 heavy (non-hydrogen) atoms. The zero-order valence-electron chi connectivity index (χ0n) is 17.5. The Labute approximate surface area is 196 Å². The molecule has 1 aliphatic heterocycles. The summed E-state index contributed by atoms with van der Waals surface area (Å²) >= 11 is 0. The van der Waals surface area contributed by atoms with E-state index < -0.39 is 0 Å². The fourth-order valence-electron chi connectivity index (χ4n) is 3.86. The summed E-state index contributed by atoms with van der Waals surface area (Å²) in [6, 6.07) is 19.2. The molecule has 158 valence electrons. The van der Waals surface area contributed by atoms with E-state index in [0.717, 1.165) is 57.3 Å². The van der Waals surface area contributed by atoms with Crippen molar-refractivity contribution in [3.63, 3.8) is 0 Å². The minimum absolute atomic E-state index is 0. The molecule has 0 fully saturated rings. The van der Waals surface area contributed by atoms with Crippen LogP contribution < -0.4 is 5.32 Å². The van der Waals surface area contributed by atoms with Gasteiger partial charge in [-0.05, 0) is 30.0 Å². The van der Waals surface area contributed by atoms with Crippen LogP contribution in [0.5, 0.6) is 0 Å². The van der Waals surface area contributed by atoms with Gasteiger partial charge in [0.1, 0.15) is 5.82 Å². The maximum Gasteiger partial charge on any atom is 0.194 e. The first-order chi connectivity index (χ1) is 14.3. The molecule has 1 aromatic heterocycles. The van der Waals surface area contributed by atoms with Crippen molar-refractivity contribution < 1.29 is 0 Å². The molecule has 3 aromatic rings. The van der Waals surface area contributed by atoms with Crippen molar-refractivity contribution in [3.8, 4) is 0 Å². The lowest BCUT2D eigenvalue weighted by Crippen LogP contribution is -2.44. The van der Waals surface area contributed by atoms with Crippen LogP contribution in [0.2, 0.25) is 0 Å². The smallest absolute Gasteiger partial charge is 0.194 e. The van der Waals surface area contributed by atoms with Crippen molar-refractivity contribution in [2.75, 3.05) is 19.6 Å². The van der Waals surface area contributed by atoms with E-state index in [1.54, 1.807) is 0 Å². The molecular formula is C24H30IN5. The second-order valence-electron chi connectivity index (χ2n) is 7.38. The molecule has 0 atom stereocenters. The second-order valence-corrected chi connectivity index (χ2v) is 7.38. The molecule has 0 saturated heterocycles. The number of nitrogens with zero attached hydrogens (tertiary/aromatic N) is 4. The Hall–Kier alpha value is -2.35. The minimum Gasteiger partial charge on any atom is -0.357 e. The van der Waals surface area contributed by atoms with Gasteiger partial charge in [-0.25, -0.2) is 4.98 Å². The van der Waals surface area contributed by atoms with E-state index >= 15 is 0 Å². The highest BCUT2D eigenvalue weighted by Gasteiger charge is 2.18. The lowest BCUT2D eigenvalue weighted by molar-refractivity contribution is 0.378.